The van der Waals surface area contributed by atoms with Gasteiger partial charge in [0.05, 0.1) is 0 Å². The number of carboxylic acid groups (broad SMARTS) is 1. The molecule has 1 aromatic heterocycles. The molecule has 1 heterocycles. The van der Waals surface area contributed by atoms with E-state index in [0.29, 0.717) is 0 Å². The van der Waals surface area contributed by atoms with Gasteiger partial charge in [-0.05, 0) is 12.1 Å². The summed E-state index contributed by atoms with van der Waals surface area (Å²) >= 11 is 0. The van der Waals surface area contributed by atoms with Gasteiger partial charge in [-0.3, -0.25) is 0 Å². The van der Waals surface area contributed by atoms with Crippen molar-refractivity contribution in [3.63, 3.8) is 0 Å². The van der Waals surface area contributed by atoms with Crippen LogP contribution in [0.25, 0.3) is 0 Å². The van der Waals surface area contributed by atoms with Gasteiger partial charge in [-0.15, -0.1) is 0 Å². The molecule has 0 aliphatic carbocycles. The first kappa shape index (κ1) is 8.45. The van der Waals surface area contributed by atoms with Crippen molar-refractivity contribution in [1.29, 1.82) is 0 Å². The lowest BCUT2D eigenvalue weighted by molar-refractivity contribution is -0.139. The summed E-state index contributed by atoms with van der Waals surface area (Å²) < 4.78 is 17.2. The third-order valence-corrected chi connectivity index (χ3v) is 1.08. The lowest BCUT2D eigenvalue weighted by atomic mass is 10.4. The maximum Gasteiger partial charge on any atom is 0.341 e. The Kier molecular flexibility index (Phi) is 2.57. The number of carboxylic acids is 1. The Morgan fingerprint density at radius 2 is 2.50 bits per heavy atom. The molecule has 0 fully saturated rings. The molecule has 4 nitrogen and oxygen atoms in total. The Morgan fingerprint density at radius 1 is 1.75 bits per heavy atom. The predicted molar refractivity (Wildman–Crippen MR) is 37.3 cm³/mol. The van der Waals surface area contributed by atoms with Crippen LogP contribution in [0.4, 0.5) is 4.39 Å². The molecule has 0 aliphatic heterocycles. The number of halogens is 1. The SMILES string of the molecule is O=C(O)COc1cccnc1F. The fourth-order valence-electron chi connectivity index (χ4n) is 0.618. The molecule has 0 amide bonds. The molecule has 1 N–H and O–H groups in total. The van der Waals surface area contributed by atoms with Gasteiger partial charge in [0.2, 0.25) is 0 Å². The van der Waals surface area contributed by atoms with Crippen LogP contribution < -0.4 is 4.74 Å². The Hall–Kier alpha value is -1.65. The lowest BCUT2D eigenvalue weighted by Gasteiger charge is -2.01. The predicted octanol–water partition coefficient (Wildman–Crippen LogP) is 0.684. The van der Waals surface area contributed by atoms with Crippen molar-refractivity contribution >= 4 is 5.97 Å². The van der Waals surface area contributed by atoms with Crippen LogP contribution in [0.3, 0.4) is 0 Å². The number of nitrogens with zero attached hydrogens (tertiary/aromatic N) is 1. The van der Waals surface area contributed by atoms with Gasteiger partial charge in [-0.2, -0.15) is 4.39 Å². The Balaban J connectivity index is 2.63. The second kappa shape index (κ2) is 3.66. The van der Waals surface area contributed by atoms with Gasteiger partial charge in [0.1, 0.15) is 0 Å². The summed E-state index contributed by atoms with van der Waals surface area (Å²) in [6.07, 6.45) is 1.25. The molecule has 0 atom stereocenters. The number of aliphatic carboxylic acids is 1. The molecule has 64 valence electrons. The summed E-state index contributed by atoms with van der Waals surface area (Å²) in [5.74, 6) is -2.11. The van der Waals surface area contributed by atoms with Crippen molar-refractivity contribution in [3.8, 4) is 5.75 Å². The van der Waals surface area contributed by atoms with Crippen molar-refractivity contribution in [3.05, 3.63) is 24.3 Å². The molecule has 0 aromatic carbocycles. The average molecular weight is 171 g/mol. The molecule has 12 heavy (non-hydrogen) atoms. The van der Waals surface area contributed by atoms with Crippen molar-refractivity contribution in [2.75, 3.05) is 6.61 Å². The van der Waals surface area contributed by atoms with Gasteiger partial charge >= 0.3 is 5.97 Å². The zero-order chi connectivity index (χ0) is 8.97. The van der Waals surface area contributed by atoms with Gasteiger partial charge in [0, 0.05) is 6.20 Å². The molecule has 5 heteroatoms. The highest BCUT2D eigenvalue weighted by atomic mass is 19.1. The number of rotatable bonds is 3. The quantitative estimate of drug-likeness (QED) is 0.679. The van der Waals surface area contributed by atoms with Gasteiger partial charge in [-0.25, -0.2) is 9.78 Å². The van der Waals surface area contributed by atoms with E-state index in [0.717, 1.165) is 0 Å². The molecule has 1 rings (SSSR count). The molecule has 0 unspecified atom stereocenters. The van der Waals surface area contributed by atoms with Crippen LogP contribution in [-0.2, 0) is 4.79 Å². The molecule has 1 aromatic rings. The molecule has 0 bridgehead atoms. The fourth-order valence-corrected chi connectivity index (χ4v) is 0.618. The van der Waals surface area contributed by atoms with Crippen LogP contribution in [0, 0.1) is 5.95 Å². The van der Waals surface area contributed by atoms with Crippen LogP contribution in [0.5, 0.6) is 5.75 Å². The maximum absolute atomic E-state index is 12.6. The lowest BCUT2D eigenvalue weighted by Crippen LogP contribution is -2.10. The zero-order valence-corrected chi connectivity index (χ0v) is 6.03. The minimum absolute atomic E-state index is 0.153. The summed E-state index contributed by atoms with van der Waals surface area (Å²) in [7, 11) is 0. The van der Waals surface area contributed by atoms with Gasteiger partial charge in [-0.1, -0.05) is 0 Å². The highest BCUT2D eigenvalue weighted by Gasteiger charge is 2.04. The Labute approximate surface area is 67.6 Å². The first-order valence-electron chi connectivity index (χ1n) is 3.15. The zero-order valence-electron chi connectivity index (χ0n) is 6.03. The summed E-state index contributed by atoms with van der Waals surface area (Å²) in [5, 5.41) is 8.20. The summed E-state index contributed by atoms with van der Waals surface area (Å²) in [4.78, 5) is 13.3. The van der Waals surface area contributed by atoms with Crippen molar-refractivity contribution in [2.24, 2.45) is 0 Å². The normalized spacial score (nSPS) is 9.42. The van der Waals surface area contributed by atoms with E-state index < -0.39 is 18.5 Å². The summed E-state index contributed by atoms with van der Waals surface area (Å²) in [5.41, 5.74) is 0. The molecular formula is C7H6FNO3. The van der Waals surface area contributed by atoms with E-state index in [1.165, 1.54) is 18.3 Å². The molecule has 0 aliphatic rings. The largest absolute Gasteiger partial charge is 0.479 e. The van der Waals surface area contributed by atoms with Crippen molar-refractivity contribution in [2.45, 2.75) is 0 Å². The summed E-state index contributed by atoms with van der Waals surface area (Å²) in [6, 6.07) is 2.77. The highest BCUT2D eigenvalue weighted by molar-refractivity contribution is 5.68. The van der Waals surface area contributed by atoms with E-state index in [-0.39, 0.29) is 5.75 Å². The van der Waals surface area contributed by atoms with Crippen LogP contribution in [0.1, 0.15) is 0 Å². The van der Waals surface area contributed by atoms with Gasteiger partial charge < -0.3 is 9.84 Å². The van der Waals surface area contributed by atoms with Gasteiger partial charge in [0.15, 0.2) is 12.4 Å². The average Bonchev–Trinajstić information content (AvgIpc) is 2.03. The summed E-state index contributed by atoms with van der Waals surface area (Å²) in [6.45, 7) is -0.567. The van der Waals surface area contributed by atoms with E-state index in [9.17, 15) is 9.18 Å². The molecule has 0 saturated heterocycles. The Bertz CT molecular complexity index is 290. The number of hydrogen-bond acceptors (Lipinski definition) is 3. The van der Waals surface area contributed by atoms with Crippen LogP contribution >= 0.6 is 0 Å². The van der Waals surface area contributed by atoms with E-state index >= 15 is 0 Å². The second-order valence-electron chi connectivity index (χ2n) is 1.97. The standard InChI is InChI=1S/C7H6FNO3/c8-7-5(2-1-3-9-7)12-4-6(10)11/h1-3H,4H2,(H,10,11). The molecular weight excluding hydrogens is 165 g/mol. The molecule has 0 saturated carbocycles. The Morgan fingerprint density at radius 3 is 3.08 bits per heavy atom. The van der Waals surface area contributed by atoms with E-state index in [2.05, 4.69) is 9.72 Å². The third-order valence-electron chi connectivity index (χ3n) is 1.08. The van der Waals surface area contributed by atoms with E-state index in [1.807, 2.05) is 0 Å². The van der Waals surface area contributed by atoms with Gasteiger partial charge in [0.25, 0.3) is 5.95 Å². The number of ether oxygens (including phenoxy) is 1. The van der Waals surface area contributed by atoms with Crippen molar-refractivity contribution in [1.82, 2.24) is 4.98 Å². The maximum atomic E-state index is 12.6. The molecule has 0 radical (unpaired) electrons. The van der Waals surface area contributed by atoms with Crippen LogP contribution in [0.2, 0.25) is 0 Å². The smallest absolute Gasteiger partial charge is 0.341 e. The number of hydrogen-bond donors (Lipinski definition) is 1. The van der Waals surface area contributed by atoms with E-state index in [1.54, 1.807) is 0 Å². The van der Waals surface area contributed by atoms with Crippen LogP contribution in [0.15, 0.2) is 18.3 Å². The number of pyridine rings is 1. The molecule has 0 spiro atoms. The fraction of sp³-hybridized carbons (Fsp3) is 0.143. The number of aromatic nitrogens is 1. The first-order valence-corrected chi connectivity index (χ1v) is 3.15. The number of carbonyl (C=O) groups is 1. The monoisotopic (exact) mass is 171 g/mol. The topological polar surface area (TPSA) is 59.4 Å². The first-order chi connectivity index (χ1) is 5.70. The highest BCUT2D eigenvalue weighted by Crippen LogP contribution is 2.11. The second-order valence-corrected chi connectivity index (χ2v) is 1.97. The van der Waals surface area contributed by atoms with Crippen molar-refractivity contribution < 1.29 is 19.0 Å². The third kappa shape index (κ3) is 2.19. The van der Waals surface area contributed by atoms with E-state index in [4.69, 9.17) is 5.11 Å². The minimum atomic E-state index is -1.15. The minimum Gasteiger partial charge on any atom is -0.479 e. The van der Waals surface area contributed by atoms with Crippen LogP contribution in [-0.4, -0.2) is 22.7 Å².